The van der Waals surface area contributed by atoms with E-state index in [1.165, 1.54) is 83.5 Å². The molecule has 0 aliphatic carbocycles. The standard InChI is InChI=1S/C26H42N2O3/c1-2-3-4-5-6-7-8-9-10-11-12-13-14-15-16-17-26(29)28-27-21-23-18-19-24-25(20-23)31-22-30-24/h18-21H,2-17,22H2,1H3,(H,28,29). The third kappa shape index (κ3) is 11.8. The SMILES string of the molecule is CCCCCCCCCCCCCCCCCC(=O)NN=Cc1ccc2c(c1)OCO2. The van der Waals surface area contributed by atoms with E-state index in [4.69, 9.17) is 9.47 Å². The lowest BCUT2D eigenvalue weighted by atomic mass is 10.0. The minimum atomic E-state index is -0.0216. The maximum atomic E-state index is 11.9. The van der Waals surface area contributed by atoms with E-state index < -0.39 is 0 Å². The second kappa shape index (κ2) is 16.6. The highest BCUT2D eigenvalue weighted by atomic mass is 16.7. The van der Waals surface area contributed by atoms with Crippen LogP contribution in [0.5, 0.6) is 11.5 Å². The number of nitrogens with zero attached hydrogens (tertiary/aromatic N) is 1. The Hall–Kier alpha value is -2.04. The van der Waals surface area contributed by atoms with Gasteiger partial charge in [-0.25, -0.2) is 5.43 Å². The topological polar surface area (TPSA) is 59.9 Å². The lowest BCUT2D eigenvalue weighted by molar-refractivity contribution is -0.121. The smallest absolute Gasteiger partial charge is 0.240 e. The van der Waals surface area contributed by atoms with Gasteiger partial charge in [-0.05, 0) is 30.2 Å². The molecule has 2 rings (SSSR count). The first-order valence-electron chi connectivity index (χ1n) is 12.5. The van der Waals surface area contributed by atoms with Crippen molar-refractivity contribution in [2.24, 2.45) is 5.10 Å². The summed E-state index contributed by atoms with van der Waals surface area (Å²) in [5.41, 5.74) is 3.48. The Morgan fingerprint density at radius 2 is 1.39 bits per heavy atom. The molecule has 0 radical (unpaired) electrons. The number of nitrogens with one attached hydrogen (secondary N) is 1. The van der Waals surface area contributed by atoms with Gasteiger partial charge in [0.1, 0.15) is 0 Å². The maximum Gasteiger partial charge on any atom is 0.240 e. The summed E-state index contributed by atoms with van der Waals surface area (Å²) in [4.78, 5) is 11.9. The fourth-order valence-corrected chi connectivity index (χ4v) is 3.89. The van der Waals surface area contributed by atoms with Crippen molar-refractivity contribution in [1.82, 2.24) is 5.43 Å². The van der Waals surface area contributed by atoms with E-state index >= 15 is 0 Å². The van der Waals surface area contributed by atoms with Crippen LogP contribution in [0.1, 0.15) is 115 Å². The normalized spacial score (nSPS) is 12.5. The monoisotopic (exact) mass is 430 g/mol. The highest BCUT2D eigenvalue weighted by Gasteiger charge is 2.12. The first-order chi connectivity index (χ1) is 15.3. The van der Waals surface area contributed by atoms with Crippen LogP contribution >= 0.6 is 0 Å². The lowest BCUT2D eigenvalue weighted by Gasteiger charge is -2.03. The van der Waals surface area contributed by atoms with E-state index in [1.807, 2.05) is 18.2 Å². The van der Waals surface area contributed by atoms with Gasteiger partial charge in [0.2, 0.25) is 12.7 Å². The van der Waals surface area contributed by atoms with Crippen LogP contribution < -0.4 is 14.9 Å². The van der Waals surface area contributed by atoms with E-state index in [9.17, 15) is 4.79 Å². The molecule has 1 aromatic rings. The molecule has 0 atom stereocenters. The fourth-order valence-electron chi connectivity index (χ4n) is 3.89. The maximum absolute atomic E-state index is 11.9. The molecule has 5 nitrogen and oxygen atoms in total. The van der Waals surface area contributed by atoms with Crippen molar-refractivity contribution in [2.45, 2.75) is 110 Å². The number of carbonyl (C=O) groups excluding carboxylic acids is 1. The molecule has 1 aliphatic rings. The minimum Gasteiger partial charge on any atom is -0.454 e. The Balaban J connectivity index is 1.35. The van der Waals surface area contributed by atoms with Crippen molar-refractivity contribution in [2.75, 3.05) is 6.79 Å². The molecule has 1 N–H and O–H groups in total. The Bertz CT molecular complexity index is 646. The highest BCUT2D eigenvalue weighted by Crippen LogP contribution is 2.31. The largest absolute Gasteiger partial charge is 0.454 e. The Labute approximate surface area is 189 Å². The molecule has 1 amide bonds. The van der Waals surface area contributed by atoms with Crippen LogP contribution in [0.15, 0.2) is 23.3 Å². The molecule has 1 aromatic carbocycles. The van der Waals surface area contributed by atoms with Gasteiger partial charge in [-0.1, -0.05) is 96.8 Å². The quantitative estimate of drug-likeness (QED) is 0.153. The summed E-state index contributed by atoms with van der Waals surface area (Å²) in [7, 11) is 0. The van der Waals surface area contributed by atoms with Crippen molar-refractivity contribution >= 4 is 12.1 Å². The molecular weight excluding hydrogens is 388 g/mol. The lowest BCUT2D eigenvalue weighted by Crippen LogP contribution is -2.16. The number of unbranched alkanes of at least 4 members (excludes halogenated alkanes) is 14. The molecule has 0 fully saturated rings. The van der Waals surface area contributed by atoms with Gasteiger partial charge in [-0.15, -0.1) is 0 Å². The van der Waals surface area contributed by atoms with Gasteiger partial charge in [0, 0.05) is 6.42 Å². The molecule has 174 valence electrons. The molecule has 0 saturated heterocycles. The van der Waals surface area contributed by atoms with Crippen molar-refractivity contribution in [3.8, 4) is 11.5 Å². The fraction of sp³-hybridized carbons (Fsp3) is 0.692. The van der Waals surface area contributed by atoms with Crippen molar-refractivity contribution in [3.63, 3.8) is 0 Å². The zero-order valence-corrected chi connectivity index (χ0v) is 19.5. The first-order valence-corrected chi connectivity index (χ1v) is 12.5. The number of fused-ring (bicyclic) bond motifs is 1. The predicted octanol–water partition coefficient (Wildman–Crippen LogP) is 7.13. The van der Waals surface area contributed by atoms with Gasteiger partial charge < -0.3 is 9.47 Å². The molecule has 0 aromatic heterocycles. The molecule has 1 heterocycles. The minimum absolute atomic E-state index is 0.0216. The van der Waals surface area contributed by atoms with Crippen LogP contribution in [0.25, 0.3) is 0 Å². The second-order valence-corrected chi connectivity index (χ2v) is 8.61. The van der Waals surface area contributed by atoms with Crippen molar-refractivity contribution < 1.29 is 14.3 Å². The van der Waals surface area contributed by atoms with E-state index in [0.29, 0.717) is 12.2 Å². The summed E-state index contributed by atoms with van der Waals surface area (Å²) in [6.45, 7) is 2.53. The molecule has 31 heavy (non-hydrogen) atoms. The number of carbonyl (C=O) groups is 1. The summed E-state index contributed by atoms with van der Waals surface area (Å²) in [5.74, 6) is 1.44. The molecule has 0 bridgehead atoms. The van der Waals surface area contributed by atoms with Crippen LogP contribution in [-0.4, -0.2) is 18.9 Å². The van der Waals surface area contributed by atoms with Crippen LogP contribution in [0.3, 0.4) is 0 Å². The van der Waals surface area contributed by atoms with E-state index in [-0.39, 0.29) is 12.7 Å². The Kier molecular flexibility index (Phi) is 13.5. The van der Waals surface area contributed by atoms with Gasteiger partial charge in [0.25, 0.3) is 0 Å². The molecule has 5 heteroatoms. The zero-order valence-electron chi connectivity index (χ0n) is 19.5. The molecule has 0 spiro atoms. The first kappa shape index (κ1) is 25.2. The van der Waals surface area contributed by atoms with Gasteiger partial charge >= 0.3 is 0 Å². The van der Waals surface area contributed by atoms with Crippen LogP contribution in [0, 0.1) is 0 Å². The summed E-state index contributed by atoms with van der Waals surface area (Å²) in [5, 5.41) is 4.03. The number of hydrogen-bond acceptors (Lipinski definition) is 4. The molecular formula is C26H42N2O3. The van der Waals surface area contributed by atoms with Crippen molar-refractivity contribution in [3.05, 3.63) is 23.8 Å². The number of hydrazone groups is 1. The van der Waals surface area contributed by atoms with Gasteiger partial charge in [0.15, 0.2) is 11.5 Å². The highest BCUT2D eigenvalue weighted by molar-refractivity contribution is 5.83. The summed E-state index contributed by atoms with van der Waals surface area (Å²) >= 11 is 0. The second-order valence-electron chi connectivity index (χ2n) is 8.61. The predicted molar refractivity (Wildman–Crippen MR) is 128 cm³/mol. The number of amides is 1. The van der Waals surface area contributed by atoms with Crippen molar-refractivity contribution in [1.29, 1.82) is 0 Å². The third-order valence-electron chi connectivity index (χ3n) is 5.81. The molecule has 0 saturated carbocycles. The number of hydrogen-bond donors (Lipinski definition) is 1. The van der Waals surface area contributed by atoms with Crippen LogP contribution in [0.4, 0.5) is 0 Å². The number of rotatable bonds is 18. The molecule has 0 unspecified atom stereocenters. The summed E-state index contributed by atoms with van der Waals surface area (Å²) < 4.78 is 10.6. The summed E-state index contributed by atoms with van der Waals surface area (Å²) in [6, 6.07) is 5.59. The van der Waals surface area contributed by atoms with E-state index in [2.05, 4.69) is 17.5 Å². The van der Waals surface area contributed by atoms with E-state index in [1.54, 1.807) is 6.21 Å². The Morgan fingerprint density at radius 3 is 2.00 bits per heavy atom. The van der Waals surface area contributed by atoms with Crippen LogP contribution in [-0.2, 0) is 4.79 Å². The average Bonchev–Trinajstić information content (AvgIpc) is 3.24. The van der Waals surface area contributed by atoms with E-state index in [0.717, 1.165) is 24.2 Å². The summed E-state index contributed by atoms with van der Waals surface area (Å²) in [6.07, 6.45) is 22.1. The van der Waals surface area contributed by atoms with Gasteiger partial charge in [0.05, 0.1) is 6.21 Å². The van der Waals surface area contributed by atoms with Crippen LogP contribution in [0.2, 0.25) is 0 Å². The number of benzene rings is 1. The average molecular weight is 431 g/mol. The van der Waals surface area contributed by atoms with Gasteiger partial charge in [-0.2, -0.15) is 5.10 Å². The van der Waals surface area contributed by atoms with Gasteiger partial charge in [-0.3, -0.25) is 4.79 Å². The Morgan fingerprint density at radius 1 is 0.839 bits per heavy atom. The number of ether oxygens (including phenoxy) is 2. The molecule has 1 aliphatic heterocycles. The third-order valence-corrected chi connectivity index (χ3v) is 5.81. The zero-order chi connectivity index (χ0) is 22.0.